The van der Waals surface area contributed by atoms with Gasteiger partial charge in [-0.25, -0.2) is 4.39 Å². The molecule has 1 aromatic carbocycles. The van der Waals surface area contributed by atoms with Crippen molar-refractivity contribution in [1.82, 2.24) is 0 Å². The van der Waals surface area contributed by atoms with E-state index >= 15 is 0 Å². The fraction of sp³-hybridized carbons (Fsp3) is 0.250. The Labute approximate surface area is 94.6 Å². The zero-order valence-electron chi connectivity index (χ0n) is 7.18. The summed E-state index contributed by atoms with van der Waals surface area (Å²) in [5.74, 6) is -1.01. The van der Waals surface area contributed by atoms with Crippen LogP contribution >= 0.6 is 24.0 Å². The van der Waals surface area contributed by atoms with Crippen LogP contribution in [0.2, 0.25) is 5.02 Å². The Morgan fingerprint density at radius 2 is 1.80 bits per heavy atom. The van der Waals surface area contributed by atoms with Crippen LogP contribution in [0, 0.1) is 5.82 Å². The van der Waals surface area contributed by atoms with Gasteiger partial charge in [0.15, 0.2) is 0 Å². The zero-order chi connectivity index (χ0) is 10.9. The number of hydrogen-bond donors (Lipinski definition) is 1. The predicted octanol–water partition coefficient (Wildman–Crippen LogP) is 3.46. The first-order valence-corrected chi connectivity index (χ1v) is 3.97. The van der Waals surface area contributed by atoms with Crippen LogP contribution in [0.25, 0.3) is 0 Å². The highest BCUT2D eigenvalue weighted by Crippen LogP contribution is 2.32. The molecule has 1 atom stereocenters. The first kappa shape index (κ1) is 14.5. The van der Waals surface area contributed by atoms with Crippen molar-refractivity contribution in [3.8, 4) is 0 Å². The highest BCUT2D eigenvalue weighted by Gasteiger charge is 2.39. The van der Waals surface area contributed by atoms with Crippen LogP contribution in [0.4, 0.5) is 17.6 Å². The summed E-state index contributed by atoms with van der Waals surface area (Å²) in [7, 11) is 0. The second-order valence-electron chi connectivity index (χ2n) is 2.69. The van der Waals surface area contributed by atoms with Crippen molar-refractivity contribution >= 4 is 24.0 Å². The zero-order valence-corrected chi connectivity index (χ0v) is 8.76. The molecule has 7 heteroatoms. The molecule has 86 valence electrons. The molecule has 0 aliphatic carbocycles. The Morgan fingerprint density at radius 3 is 2.27 bits per heavy atom. The maximum absolute atomic E-state index is 12.9. The molecule has 0 saturated carbocycles. The van der Waals surface area contributed by atoms with Crippen molar-refractivity contribution in [3.05, 3.63) is 34.6 Å². The molecule has 1 rings (SSSR count). The van der Waals surface area contributed by atoms with Crippen LogP contribution in [-0.2, 0) is 0 Å². The summed E-state index contributed by atoms with van der Waals surface area (Å²) in [6, 6.07) is 0.531. The highest BCUT2D eigenvalue weighted by atomic mass is 35.5. The van der Waals surface area contributed by atoms with Gasteiger partial charge in [-0.2, -0.15) is 13.2 Å². The molecule has 0 unspecified atom stereocenters. The molecule has 0 aromatic heterocycles. The molecule has 0 bridgehead atoms. The Kier molecular flexibility index (Phi) is 4.83. The number of hydrogen-bond acceptors (Lipinski definition) is 1. The van der Waals surface area contributed by atoms with Gasteiger partial charge in [0.05, 0.1) is 0 Å². The number of alkyl halides is 3. The largest absolute Gasteiger partial charge is 0.407 e. The van der Waals surface area contributed by atoms with Crippen LogP contribution in [0.3, 0.4) is 0 Å². The fourth-order valence-electron chi connectivity index (χ4n) is 0.929. The summed E-state index contributed by atoms with van der Waals surface area (Å²) >= 11 is 5.42. The van der Waals surface area contributed by atoms with Crippen molar-refractivity contribution < 1.29 is 17.6 Å². The standard InChI is InChI=1S/C8H6ClF4N.ClH/c9-4-1-2-6(10)5(3-4)7(14)8(11,12)13;/h1-3,7H,14H2;1H/t7-;/m0./s1. The van der Waals surface area contributed by atoms with Crippen LogP contribution < -0.4 is 5.73 Å². The molecule has 0 aliphatic heterocycles. The monoisotopic (exact) mass is 263 g/mol. The Balaban J connectivity index is 0.00000196. The quantitative estimate of drug-likeness (QED) is 0.772. The summed E-state index contributed by atoms with van der Waals surface area (Å²) in [6.07, 6.45) is -4.68. The average Bonchev–Trinajstić information content (AvgIpc) is 2.06. The van der Waals surface area contributed by atoms with Crippen LogP contribution in [0.1, 0.15) is 11.6 Å². The van der Waals surface area contributed by atoms with Gasteiger partial charge in [-0.1, -0.05) is 11.6 Å². The van der Waals surface area contributed by atoms with Gasteiger partial charge in [0.25, 0.3) is 0 Å². The number of halogens is 6. The van der Waals surface area contributed by atoms with E-state index in [2.05, 4.69) is 0 Å². The van der Waals surface area contributed by atoms with E-state index in [0.717, 1.165) is 18.2 Å². The van der Waals surface area contributed by atoms with Crippen LogP contribution in [0.5, 0.6) is 0 Å². The van der Waals surface area contributed by atoms with Gasteiger partial charge in [0.1, 0.15) is 11.9 Å². The van der Waals surface area contributed by atoms with Gasteiger partial charge in [0.2, 0.25) is 0 Å². The minimum Gasteiger partial charge on any atom is -0.316 e. The summed E-state index contributed by atoms with van der Waals surface area (Å²) in [6.45, 7) is 0. The lowest BCUT2D eigenvalue weighted by Crippen LogP contribution is -2.29. The first-order valence-electron chi connectivity index (χ1n) is 3.59. The topological polar surface area (TPSA) is 26.0 Å². The van der Waals surface area contributed by atoms with E-state index in [0.29, 0.717) is 0 Å². The molecule has 0 amide bonds. The van der Waals surface area contributed by atoms with Gasteiger partial charge in [-0.05, 0) is 18.2 Å². The Morgan fingerprint density at radius 1 is 1.27 bits per heavy atom. The molecule has 0 aliphatic rings. The summed E-state index contributed by atoms with van der Waals surface area (Å²) in [5.41, 5.74) is 4.17. The fourth-order valence-corrected chi connectivity index (χ4v) is 1.11. The lowest BCUT2D eigenvalue weighted by atomic mass is 10.1. The second-order valence-corrected chi connectivity index (χ2v) is 3.12. The van der Waals surface area contributed by atoms with Crippen molar-refractivity contribution in [2.45, 2.75) is 12.2 Å². The van der Waals surface area contributed by atoms with Gasteiger partial charge in [-0.3, -0.25) is 0 Å². The lowest BCUT2D eigenvalue weighted by Gasteiger charge is -2.16. The molecular formula is C8H7Cl2F4N. The number of benzene rings is 1. The van der Waals surface area contributed by atoms with Gasteiger partial charge >= 0.3 is 6.18 Å². The maximum Gasteiger partial charge on any atom is 0.407 e. The molecule has 2 N–H and O–H groups in total. The third kappa shape index (κ3) is 3.52. The van der Waals surface area contributed by atoms with Gasteiger partial charge < -0.3 is 5.73 Å². The molecule has 0 saturated heterocycles. The Hall–Kier alpha value is -0.520. The molecular weight excluding hydrogens is 257 g/mol. The molecule has 0 spiro atoms. The van der Waals surface area contributed by atoms with E-state index in [1.54, 1.807) is 0 Å². The van der Waals surface area contributed by atoms with Crippen molar-refractivity contribution in [1.29, 1.82) is 0 Å². The molecule has 0 heterocycles. The molecule has 1 aromatic rings. The SMILES string of the molecule is Cl.N[C@@H](c1cc(Cl)ccc1F)C(F)(F)F. The van der Waals surface area contributed by atoms with E-state index < -0.39 is 23.6 Å². The molecule has 1 nitrogen and oxygen atoms in total. The van der Waals surface area contributed by atoms with Gasteiger partial charge in [0, 0.05) is 10.6 Å². The first-order chi connectivity index (χ1) is 6.32. The third-order valence-electron chi connectivity index (χ3n) is 1.65. The van der Waals surface area contributed by atoms with E-state index in [9.17, 15) is 17.6 Å². The van der Waals surface area contributed by atoms with Crippen molar-refractivity contribution in [2.75, 3.05) is 0 Å². The molecule has 0 fully saturated rings. The summed E-state index contributed by atoms with van der Waals surface area (Å²) < 4.78 is 49.2. The lowest BCUT2D eigenvalue weighted by molar-refractivity contribution is -0.149. The van der Waals surface area contributed by atoms with Crippen molar-refractivity contribution in [2.24, 2.45) is 5.73 Å². The minimum atomic E-state index is -4.68. The maximum atomic E-state index is 12.9. The molecule has 15 heavy (non-hydrogen) atoms. The van der Waals surface area contributed by atoms with E-state index in [1.165, 1.54) is 0 Å². The Bertz CT molecular complexity index is 340. The molecule has 0 radical (unpaired) electrons. The third-order valence-corrected chi connectivity index (χ3v) is 1.88. The predicted molar refractivity (Wildman–Crippen MR) is 51.6 cm³/mol. The number of nitrogens with two attached hydrogens (primary N) is 1. The smallest absolute Gasteiger partial charge is 0.316 e. The highest BCUT2D eigenvalue weighted by molar-refractivity contribution is 6.30. The van der Waals surface area contributed by atoms with Gasteiger partial charge in [-0.15, -0.1) is 12.4 Å². The van der Waals surface area contributed by atoms with Crippen molar-refractivity contribution in [3.63, 3.8) is 0 Å². The summed E-state index contributed by atoms with van der Waals surface area (Å²) in [4.78, 5) is 0. The van der Waals surface area contributed by atoms with E-state index in [4.69, 9.17) is 17.3 Å². The second kappa shape index (κ2) is 5.01. The van der Waals surface area contributed by atoms with Crippen LogP contribution in [0.15, 0.2) is 18.2 Å². The van der Waals surface area contributed by atoms with E-state index in [-0.39, 0.29) is 17.4 Å². The average molecular weight is 264 g/mol. The minimum absolute atomic E-state index is 0. The normalized spacial score (nSPS) is 13.2. The summed E-state index contributed by atoms with van der Waals surface area (Å²) in [5, 5.41) is 0.0149. The van der Waals surface area contributed by atoms with Crippen LogP contribution in [-0.4, -0.2) is 6.18 Å². The number of rotatable bonds is 1. The van der Waals surface area contributed by atoms with E-state index in [1.807, 2.05) is 0 Å².